The van der Waals surface area contributed by atoms with E-state index in [2.05, 4.69) is 27.7 Å². The molecule has 0 aliphatic heterocycles. The molecule has 0 atom stereocenters. The van der Waals surface area contributed by atoms with Crippen molar-refractivity contribution in [1.29, 1.82) is 0 Å². The van der Waals surface area contributed by atoms with Gasteiger partial charge in [-0.3, -0.25) is 0 Å². The van der Waals surface area contributed by atoms with Crippen molar-refractivity contribution in [3.8, 4) is 0 Å². The van der Waals surface area contributed by atoms with Crippen LogP contribution in [0.5, 0.6) is 0 Å². The molecule has 0 rings (SSSR count). The SMILES string of the molecule is CCC[N+](CC)(CCC)CCC.O=C([O-])C=CC(=O)[O-].[K+]. The average Bonchev–Trinajstić information content (AvgIpc) is 2.38. The number of aliphatic carboxylic acids is 2. The van der Waals surface area contributed by atoms with Crippen molar-refractivity contribution in [2.75, 3.05) is 26.2 Å². The number of carbonyl (C=O) groups excluding carboxylic acids is 2. The van der Waals surface area contributed by atoms with Gasteiger partial charge in [-0.15, -0.1) is 0 Å². The molecule has 0 spiro atoms. The van der Waals surface area contributed by atoms with Gasteiger partial charge < -0.3 is 24.3 Å². The molecule has 0 aliphatic carbocycles. The fourth-order valence-electron chi connectivity index (χ4n) is 2.37. The summed E-state index contributed by atoms with van der Waals surface area (Å²) in [6.45, 7) is 14.7. The zero-order chi connectivity index (χ0) is 16.0. The van der Waals surface area contributed by atoms with Gasteiger partial charge in [0.25, 0.3) is 0 Å². The van der Waals surface area contributed by atoms with Crippen molar-refractivity contribution in [1.82, 2.24) is 0 Å². The summed E-state index contributed by atoms with van der Waals surface area (Å²) in [4.78, 5) is 18.8. The average molecular weight is 325 g/mol. The van der Waals surface area contributed by atoms with Crippen molar-refractivity contribution in [3.05, 3.63) is 12.2 Å². The molecule has 0 saturated heterocycles. The molecule has 0 unspecified atom stereocenters. The van der Waals surface area contributed by atoms with E-state index in [0.717, 1.165) is 0 Å². The van der Waals surface area contributed by atoms with Crippen LogP contribution in [-0.4, -0.2) is 42.6 Å². The summed E-state index contributed by atoms with van der Waals surface area (Å²) in [5.41, 5.74) is 0. The van der Waals surface area contributed by atoms with Gasteiger partial charge in [-0.2, -0.15) is 0 Å². The molecule has 118 valence electrons. The van der Waals surface area contributed by atoms with Gasteiger partial charge in [0.05, 0.1) is 38.1 Å². The fourth-order valence-corrected chi connectivity index (χ4v) is 2.37. The van der Waals surface area contributed by atoms with Crippen molar-refractivity contribution < 1.29 is 75.7 Å². The number of hydrogen-bond acceptors (Lipinski definition) is 4. The Morgan fingerprint density at radius 2 is 1.10 bits per heavy atom. The zero-order valence-electron chi connectivity index (χ0n) is 14.2. The van der Waals surface area contributed by atoms with E-state index in [1.54, 1.807) is 0 Å². The predicted molar refractivity (Wildman–Crippen MR) is 75.4 cm³/mol. The molecule has 0 fully saturated rings. The fraction of sp³-hybridized carbons (Fsp3) is 0.733. The third-order valence-corrected chi connectivity index (χ3v) is 3.12. The molecule has 0 N–H and O–H groups in total. The number of carboxylic acids is 2. The van der Waals surface area contributed by atoms with E-state index >= 15 is 0 Å². The van der Waals surface area contributed by atoms with E-state index in [9.17, 15) is 19.8 Å². The summed E-state index contributed by atoms with van der Waals surface area (Å²) < 4.78 is 1.35. The largest absolute Gasteiger partial charge is 1.00 e. The Balaban J connectivity index is -0.000000317. The summed E-state index contributed by atoms with van der Waals surface area (Å²) >= 11 is 0. The van der Waals surface area contributed by atoms with Crippen LogP contribution in [0.3, 0.4) is 0 Å². The number of rotatable bonds is 9. The normalized spacial score (nSPS) is 10.5. The van der Waals surface area contributed by atoms with Gasteiger partial charge in [-0.1, -0.05) is 20.8 Å². The van der Waals surface area contributed by atoms with E-state index in [1.807, 2.05) is 0 Å². The molecule has 0 saturated carbocycles. The van der Waals surface area contributed by atoms with E-state index in [0.29, 0.717) is 12.2 Å². The summed E-state index contributed by atoms with van der Waals surface area (Å²) in [5.74, 6) is -3.09. The first kappa shape index (κ1) is 26.2. The molecule has 21 heavy (non-hydrogen) atoms. The smallest absolute Gasteiger partial charge is 0.545 e. The number of hydrogen-bond donors (Lipinski definition) is 0. The second kappa shape index (κ2) is 16.6. The molecule has 6 heteroatoms. The first-order valence-electron chi connectivity index (χ1n) is 7.32. The van der Waals surface area contributed by atoms with Crippen molar-refractivity contribution in [2.45, 2.75) is 47.0 Å². The Kier molecular flexibility index (Phi) is 20.8. The molecule has 0 aromatic rings. The molecule has 5 nitrogen and oxygen atoms in total. The van der Waals surface area contributed by atoms with Gasteiger partial charge in [0, 0.05) is 0 Å². The maximum absolute atomic E-state index is 9.41. The number of carbonyl (C=O) groups is 2. The molecule has 0 bridgehead atoms. The summed E-state index contributed by atoms with van der Waals surface area (Å²) in [6, 6.07) is 0. The van der Waals surface area contributed by atoms with Crippen LogP contribution in [0.2, 0.25) is 0 Å². The van der Waals surface area contributed by atoms with Crippen LogP contribution in [0.15, 0.2) is 12.2 Å². The van der Waals surface area contributed by atoms with Crippen molar-refractivity contribution in [2.24, 2.45) is 0 Å². The monoisotopic (exact) mass is 325 g/mol. The van der Waals surface area contributed by atoms with Gasteiger partial charge >= 0.3 is 51.4 Å². The second-order valence-corrected chi connectivity index (χ2v) is 4.80. The van der Waals surface area contributed by atoms with Crippen LogP contribution < -0.4 is 61.6 Å². The van der Waals surface area contributed by atoms with Crippen LogP contribution in [-0.2, 0) is 9.59 Å². The molecule has 0 amide bonds. The quantitative estimate of drug-likeness (QED) is 0.259. The third kappa shape index (κ3) is 16.5. The molecule has 0 radical (unpaired) electrons. The van der Waals surface area contributed by atoms with Crippen LogP contribution in [0.25, 0.3) is 0 Å². The Bertz CT molecular complexity index is 273. The molecular formula is C15H28KNO4. The maximum Gasteiger partial charge on any atom is 1.00 e. The Labute approximate surface area is 171 Å². The van der Waals surface area contributed by atoms with Gasteiger partial charge in [-0.25, -0.2) is 0 Å². The molecular weight excluding hydrogens is 297 g/mol. The van der Waals surface area contributed by atoms with Crippen LogP contribution in [0.4, 0.5) is 0 Å². The number of carboxylic acid groups (broad SMARTS) is 2. The second-order valence-electron chi connectivity index (χ2n) is 4.80. The molecule has 0 heterocycles. The minimum absolute atomic E-state index is 0. The number of nitrogens with zero attached hydrogens (tertiary/aromatic N) is 1. The van der Waals surface area contributed by atoms with Gasteiger partial charge in [0.2, 0.25) is 0 Å². The maximum atomic E-state index is 9.41. The summed E-state index contributed by atoms with van der Waals surface area (Å²) in [6.07, 6.45) is 4.75. The Hall–Kier alpha value is 0.276. The van der Waals surface area contributed by atoms with E-state index in [4.69, 9.17) is 0 Å². The first-order valence-corrected chi connectivity index (χ1v) is 7.32. The topological polar surface area (TPSA) is 80.3 Å². The molecule has 0 aromatic carbocycles. The summed E-state index contributed by atoms with van der Waals surface area (Å²) in [7, 11) is 0. The number of quaternary nitrogens is 1. The van der Waals surface area contributed by atoms with E-state index in [1.165, 1.54) is 49.9 Å². The standard InChI is InChI=1S/C11H26N.C4H4O4.K/c1-5-9-12(8-4,10-6-2)11-7-3;5-3(6)1-2-4(7)8;/h5-11H2,1-4H3;1-2H,(H,5,6)(H,7,8);/q+1;;+1/p-2. The van der Waals surface area contributed by atoms with Crippen LogP contribution in [0, 0.1) is 0 Å². The van der Waals surface area contributed by atoms with E-state index in [-0.39, 0.29) is 51.4 Å². The minimum Gasteiger partial charge on any atom is -0.545 e. The van der Waals surface area contributed by atoms with Gasteiger partial charge in [0.15, 0.2) is 0 Å². The van der Waals surface area contributed by atoms with Gasteiger partial charge in [0.1, 0.15) is 0 Å². The van der Waals surface area contributed by atoms with Crippen molar-refractivity contribution >= 4 is 11.9 Å². The van der Waals surface area contributed by atoms with Crippen LogP contribution >= 0.6 is 0 Å². The van der Waals surface area contributed by atoms with Gasteiger partial charge in [-0.05, 0) is 38.3 Å². The predicted octanol–water partition coefficient (Wildman–Crippen LogP) is -2.90. The molecule has 0 aromatic heterocycles. The zero-order valence-corrected chi connectivity index (χ0v) is 17.3. The first-order chi connectivity index (χ1) is 9.37. The van der Waals surface area contributed by atoms with Crippen LogP contribution in [0.1, 0.15) is 47.0 Å². The molecule has 0 aliphatic rings. The Morgan fingerprint density at radius 1 is 0.810 bits per heavy atom. The van der Waals surface area contributed by atoms with E-state index < -0.39 is 11.9 Å². The summed E-state index contributed by atoms with van der Waals surface area (Å²) in [5, 5.41) is 18.8. The van der Waals surface area contributed by atoms with Crippen molar-refractivity contribution in [3.63, 3.8) is 0 Å². The Morgan fingerprint density at radius 3 is 1.24 bits per heavy atom. The minimum atomic E-state index is -1.55. The third-order valence-electron chi connectivity index (χ3n) is 3.12.